The lowest BCUT2D eigenvalue weighted by Crippen LogP contribution is -2.34. The Morgan fingerprint density at radius 1 is 1.29 bits per heavy atom. The third-order valence-electron chi connectivity index (χ3n) is 2.98. The fourth-order valence-electron chi connectivity index (χ4n) is 2.06. The SMILES string of the molecule is CS(=O)(=O)N1CCCN(Cc2cccs2)CC1. The van der Waals surface area contributed by atoms with Gasteiger partial charge >= 0.3 is 0 Å². The third kappa shape index (κ3) is 3.77. The molecule has 96 valence electrons. The Kier molecular flexibility index (Phi) is 4.19. The van der Waals surface area contributed by atoms with Gasteiger partial charge in [-0.2, -0.15) is 0 Å². The summed E-state index contributed by atoms with van der Waals surface area (Å²) in [6.07, 6.45) is 2.21. The van der Waals surface area contributed by atoms with Crippen molar-refractivity contribution in [3.63, 3.8) is 0 Å². The van der Waals surface area contributed by atoms with E-state index in [1.165, 1.54) is 11.1 Å². The Morgan fingerprint density at radius 2 is 2.12 bits per heavy atom. The van der Waals surface area contributed by atoms with Crippen molar-refractivity contribution >= 4 is 21.4 Å². The fourth-order valence-corrected chi connectivity index (χ4v) is 3.68. The van der Waals surface area contributed by atoms with E-state index in [4.69, 9.17) is 0 Å². The van der Waals surface area contributed by atoms with Gasteiger partial charge in [-0.1, -0.05) is 6.07 Å². The molecule has 1 saturated heterocycles. The average Bonchev–Trinajstić information content (AvgIpc) is 2.61. The molecular weight excluding hydrogens is 256 g/mol. The molecule has 2 heterocycles. The number of sulfonamides is 1. The predicted octanol–water partition coefficient (Wildman–Crippen LogP) is 1.22. The summed E-state index contributed by atoms with van der Waals surface area (Å²) in [6, 6.07) is 4.19. The van der Waals surface area contributed by atoms with Crippen molar-refractivity contribution in [1.82, 2.24) is 9.21 Å². The van der Waals surface area contributed by atoms with E-state index in [0.717, 1.165) is 26.1 Å². The normalized spacial score (nSPS) is 20.3. The minimum atomic E-state index is -3.03. The topological polar surface area (TPSA) is 40.6 Å². The van der Waals surface area contributed by atoms with E-state index in [1.807, 2.05) is 0 Å². The summed E-state index contributed by atoms with van der Waals surface area (Å²) in [5.41, 5.74) is 0. The van der Waals surface area contributed by atoms with Crippen LogP contribution in [0.2, 0.25) is 0 Å². The first-order valence-electron chi connectivity index (χ1n) is 5.75. The molecule has 1 aromatic heterocycles. The first-order chi connectivity index (χ1) is 8.05. The highest BCUT2D eigenvalue weighted by Gasteiger charge is 2.21. The molecule has 1 aliphatic heterocycles. The van der Waals surface area contributed by atoms with Crippen molar-refractivity contribution in [3.05, 3.63) is 22.4 Å². The van der Waals surface area contributed by atoms with Crippen LogP contribution in [0, 0.1) is 0 Å². The van der Waals surface area contributed by atoms with Crippen molar-refractivity contribution < 1.29 is 8.42 Å². The highest BCUT2D eigenvalue weighted by atomic mass is 32.2. The van der Waals surface area contributed by atoms with Crippen LogP contribution in [0.3, 0.4) is 0 Å². The number of thiophene rings is 1. The van der Waals surface area contributed by atoms with Crippen molar-refractivity contribution in [2.45, 2.75) is 13.0 Å². The maximum atomic E-state index is 11.5. The minimum absolute atomic E-state index is 0.615. The Morgan fingerprint density at radius 3 is 2.76 bits per heavy atom. The first-order valence-corrected chi connectivity index (χ1v) is 8.48. The van der Waals surface area contributed by atoms with Gasteiger partial charge in [0.2, 0.25) is 10.0 Å². The summed E-state index contributed by atoms with van der Waals surface area (Å²) in [6.45, 7) is 4.01. The minimum Gasteiger partial charge on any atom is -0.297 e. The number of hydrogen-bond donors (Lipinski definition) is 0. The molecule has 0 aromatic carbocycles. The van der Waals surface area contributed by atoms with Crippen molar-refractivity contribution in [1.29, 1.82) is 0 Å². The Balaban J connectivity index is 1.92. The van der Waals surface area contributed by atoms with Crippen LogP contribution < -0.4 is 0 Å². The van der Waals surface area contributed by atoms with E-state index in [1.54, 1.807) is 15.6 Å². The predicted molar refractivity (Wildman–Crippen MR) is 70.6 cm³/mol. The molecule has 1 aromatic rings. The molecule has 0 aliphatic carbocycles. The highest BCUT2D eigenvalue weighted by molar-refractivity contribution is 7.88. The van der Waals surface area contributed by atoms with Crippen LogP contribution in [0.4, 0.5) is 0 Å². The smallest absolute Gasteiger partial charge is 0.211 e. The molecule has 4 nitrogen and oxygen atoms in total. The Hall–Kier alpha value is -0.430. The van der Waals surface area contributed by atoms with Gasteiger partial charge in [-0.15, -0.1) is 11.3 Å². The monoisotopic (exact) mass is 274 g/mol. The molecule has 0 unspecified atom stereocenters. The van der Waals surface area contributed by atoms with Crippen LogP contribution in [0.15, 0.2) is 17.5 Å². The molecule has 6 heteroatoms. The molecule has 0 bridgehead atoms. The first kappa shape index (κ1) is 13.0. The zero-order chi connectivity index (χ0) is 12.3. The van der Waals surface area contributed by atoms with Gasteiger partial charge in [-0.05, 0) is 24.4 Å². The maximum Gasteiger partial charge on any atom is 0.211 e. The standard InChI is InChI=1S/C11H18N2O2S2/c1-17(14,15)13-6-3-5-12(7-8-13)10-11-4-2-9-16-11/h2,4,9H,3,5-8,10H2,1H3. The molecule has 0 N–H and O–H groups in total. The van der Waals surface area contributed by atoms with Crippen LogP contribution in [0.25, 0.3) is 0 Å². The lowest BCUT2D eigenvalue weighted by atomic mass is 10.3. The van der Waals surface area contributed by atoms with Crippen LogP contribution in [-0.4, -0.2) is 50.1 Å². The summed E-state index contributed by atoms with van der Waals surface area (Å²) in [5.74, 6) is 0. The molecule has 2 rings (SSSR count). The van der Waals surface area contributed by atoms with E-state index in [9.17, 15) is 8.42 Å². The Labute approximate surface area is 107 Å². The van der Waals surface area contributed by atoms with Gasteiger partial charge in [-0.3, -0.25) is 4.90 Å². The van der Waals surface area contributed by atoms with Crippen LogP contribution in [0.1, 0.15) is 11.3 Å². The van der Waals surface area contributed by atoms with Gasteiger partial charge in [0.05, 0.1) is 6.26 Å². The summed E-state index contributed by atoms with van der Waals surface area (Å²) in [4.78, 5) is 3.68. The van der Waals surface area contributed by atoms with E-state index in [-0.39, 0.29) is 0 Å². The van der Waals surface area contributed by atoms with Gasteiger partial charge in [0.15, 0.2) is 0 Å². The van der Waals surface area contributed by atoms with Gasteiger partial charge < -0.3 is 0 Å². The molecule has 17 heavy (non-hydrogen) atoms. The number of rotatable bonds is 3. The molecule has 0 atom stereocenters. The van der Waals surface area contributed by atoms with Crippen LogP contribution in [0.5, 0.6) is 0 Å². The second-order valence-electron chi connectivity index (χ2n) is 4.37. The number of nitrogens with zero attached hydrogens (tertiary/aromatic N) is 2. The third-order valence-corrected chi connectivity index (χ3v) is 5.14. The lowest BCUT2D eigenvalue weighted by Gasteiger charge is -2.19. The fraction of sp³-hybridized carbons (Fsp3) is 0.636. The zero-order valence-corrected chi connectivity index (χ0v) is 11.6. The second kappa shape index (κ2) is 5.48. The van der Waals surface area contributed by atoms with Crippen molar-refractivity contribution in [3.8, 4) is 0 Å². The van der Waals surface area contributed by atoms with E-state index in [2.05, 4.69) is 22.4 Å². The molecule has 0 amide bonds. The molecule has 1 aliphatic rings. The zero-order valence-electron chi connectivity index (χ0n) is 10.0. The number of hydrogen-bond acceptors (Lipinski definition) is 4. The van der Waals surface area contributed by atoms with Crippen LogP contribution >= 0.6 is 11.3 Å². The summed E-state index contributed by atoms with van der Waals surface area (Å²) < 4.78 is 24.5. The lowest BCUT2D eigenvalue weighted by molar-refractivity contribution is 0.281. The molecule has 0 saturated carbocycles. The van der Waals surface area contributed by atoms with Gasteiger partial charge in [0.25, 0.3) is 0 Å². The van der Waals surface area contributed by atoms with Crippen molar-refractivity contribution in [2.75, 3.05) is 32.4 Å². The summed E-state index contributed by atoms with van der Waals surface area (Å²) in [7, 11) is -3.03. The molecule has 1 fully saturated rings. The highest BCUT2D eigenvalue weighted by Crippen LogP contribution is 2.14. The van der Waals surface area contributed by atoms with Crippen LogP contribution in [-0.2, 0) is 16.6 Å². The summed E-state index contributed by atoms with van der Waals surface area (Å²) >= 11 is 1.76. The Bertz CT molecular complexity index is 442. The second-order valence-corrected chi connectivity index (χ2v) is 7.39. The molecular formula is C11H18N2O2S2. The quantitative estimate of drug-likeness (QED) is 0.832. The molecule has 0 radical (unpaired) electrons. The van der Waals surface area contributed by atoms with E-state index in [0.29, 0.717) is 13.1 Å². The van der Waals surface area contributed by atoms with Gasteiger partial charge in [-0.25, -0.2) is 12.7 Å². The van der Waals surface area contributed by atoms with Gasteiger partial charge in [0, 0.05) is 31.1 Å². The van der Waals surface area contributed by atoms with Gasteiger partial charge in [0.1, 0.15) is 0 Å². The van der Waals surface area contributed by atoms with E-state index < -0.39 is 10.0 Å². The average molecular weight is 274 g/mol. The largest absolute Gasteiger partial charge is 0.297 e. The van der Waals surface area contributed by atoms with E-state index >= 15 is 0 Å². The summed E-state index contributed by atoms with van der Waals surface area (Å²) in [5, 5.41) is 2.08. The maximum absolute atomic E-state index is 11.5. The molecule has 0 spiro atoms. The van der Waals surface area contributed by atoms with Crippen molar-refractivity contribution in [2.24, 2.45) is 0 Å².